The Morgan fingerprint density at radius 3 is 2.62 bits per heavy atom. The van der Waals surface area contributed by atoms with Gasteiger partial charge in [0.05, 0.1) is 4.92 Å². The lowest BCUT2D eigenvalue weighted by Gasteiger charge is -2.20. The second kappa shape index (κ2) is 5.58. The molecule has 0 saturated carbocycles. The Morgan fingerprint density at radius 2 is 2.05 bits per heavy atom. The predicted octanol–water partition coefficient (Wildman–Crippen LogP) is 2.76. The number of anilines is 2. The lowest BCUT2D eigenvalue weighted by atomic mass is 10.1. The van der Waals surface area contributed by atoms with Crippen LogP contribution in [0.2, 0.25) is 0 Å². The summed E-state index contributed by atoms with van der Waals surface area (Å²) in [5.74, 6) is -1.03. The molecule has 0 bridgehead atoms. The van der Waals surface area contributed by atoms with E-state index in [1.165, 1.54) is 6.07 Å². The molecule has 1 aromatic carbocycles. The van der Waals surface area contributed by atoms with E-state index in [4.69, 9.17) is 5.11 Å². The molecule has 2 rings (SSSR count). The van der Waals surface area contributed by atoms with Gasteiger partial charge in [0.25, 0.3) is 0 Å². The zero-order chi connectivity index (χ0) is 15.6. The number of nitrogens with zero attached hydrogens (tertiary/aromatic N) is 3. The van der Waals surface area contributed by atoms with Crippen molar-refractivity contribution in [3.63, 3.8) is 0 Å². The zero-order valence-corrected chi connectivity index (χ0v) is 11.5. The Labute approximate surface area is 120 Å². The van der Waals surface area contributed by atoms with Crippen LogP contribution < -0.4 is 4.90 Å². The standard InChI is InChI=1S/C14H13N3O4/c1-9-5-3-4-6-11(9)16(2)13-7-10(14(18)19)12(8-15-13)17(20)21/h3-8H,1-2H3,(H,18,19). The van der Waals surface area contributed by atoms with E-state index in [9.17, 15) is 14.9 Å². The molecule has 0 aliphatic heterocycles. The molecule has 21 heavy (non-hydrogen) atoms. The third kappa shape index (κ3) is 2.81. The molecule has 0 fully saturated rings. The highest BCUT2D eigenvalue weighted by Crippen LogP contribution is 2.28. The third-order valence-corrected chi connectivity index (χ3v) is 3.12. The number of carbonyl (C=O) groups is 1. The molecule has 0 unspecified atom stereocenters. The van der Waals surface area contributed by atoms with E-state index in [2.05, 4.69) is 4.98 Å². The van der Waals surface area contributed by atoms with Gasteiger partial charge in [0.1, 0.15) is 17.6 Å². The Balaban J connectivity index is 2.50. The van der Waals surface area contributed by atoms with Gasteiger partial charge in [-0.2, -0.15) is 0 Å². The first-order valence-electron chi connectivity index (χ1n) is 6.09. The van der Waals surface area contributed by atoms with Crippen LogP contribution in [-0.4, -0.2) is 28.0 Å². The van der Waals surface area contributed by atoms with Crippen LogP contribution in [-0.2, 0) is 0 Å². The normalized spacial score (nSPS) is 10.2. The van der Waals surface area contributed by atoms with E-state index in [0.717, 1.165) is 17.4 Å². The molecule has 0 radical (unpaired) electrons. The van der Waals surface area contributed by atoms with E-state index in [0.29, 0.717) is 5.82 Å². The molecule has 1 heterocycles. The fraction of sp³-hybridized carbons (Fsp3) is 0.143. The monoisotopic (exact) mass is 287 g/mol. The van der Waals surface area contributed by atoms with Gasteiger partial charge in [-0.05, 0) is 18.6 Å². The maximum Gasteiger partial charge on any atom is 0.342 e. The molecule has 0 atom stereocenters. The summed E-state index contributed by atoms with van der Waals surface area (Å²) in [5.41, 5.74) is 0.919. The second-order valence-corrected chi connectivity index (χ2v) is 4.47. The summed E-state index contributed by atoms with van der Waals surface area (Å²) < 4.78 is 0. The Morgan fingerprint density at radius 1 is 1.38 bits per heavy atom. The number of aromatic carboxylic acids is 1. The smallest absolute Gasteiger partial charge is 0.342 e. The van der Waals surface area contributed by atoms with Crippen molar-refractivity contribution in [2.24, 2.45) is 0 Å². The lowest BCUT2D eigenvalue weighted by molar-refractivity contribution is -0.385. The summed E-state index contributed by atoms with van der Waals surface area (Å²) in [6.07, 6.45) is 0.966. The van der Waals surface area contributed by atoms with E-state index in [1.54, 1.807) is 11.9 Å². The van der Waals surface area contributed by atoms with Crippen LogP contribution in [0.5, 0.6) is 0 Å². The molecule has 108 valence electrons. The summed E-state index contributed by atoms with van der Waals surface area (Å²) in [4.78, 5) is 26.9. The van der Waals surface area contributed by atoms with Gasteiger partial charge in [-0.3, -0.25) is 10.1 Å². The number of aryl methyl sites for hydroxylation is 1. The van der Waals surface area contributed by atoms with Gasteiger partial charge in [-0.25, -0.2) is 9.78 Å². The Hall–Kier alpha value is -2.96. The van der Waals surface area contributed by atoms with Crippen molar-refractivity contribution in [2.75, 3.05) is 11.9 Å². The van der Waals surface area contributed by atoms with E-state index >= 15 is 0 Å². The van der Waals surface area contributed by atoms with Gasteiger partial charge < -0.3 is 10.0 Å². The minimum absolute atomic E-state index is 0.326. The third-order valence-electron chi connectivity index (χ3n) is 3.12. The molecule has 0 spiro atoms. The SMILES string of the molecule is Cc1ccccc1N(C)c1cc(C(=O)O)c([N+](=O)[O-])cn1. The van der Waals surface area contributed by atoms with E-state index < -0.39 is 16.6 Å². The predicted molar refractivity (Wildman–Crippen MR) is 77.1 cm³/mol. The quantitative estimate of drug-likeness (QED) is 0.686. The summed E-state index contributed by atoms with van der Waals surface area (Å²) in [7, 11) is 1.72. The first-order chi connectivity index (χ1) is 9.91. The molecule has 7 nitrogen and oxygen atoms in total. The van der Waals surface area contributed by atoms with Crippen molar-refractivity contribution in [3.8, 4) is 0 Å². The molecular weight excluding hydrogens is 274 g/mol. The number of hydrogen-bond donors (Lipinski definition) is 1. The Kier molecular flexibility index (Phi) is 3.84. The number of para-hydroxylation sites is 1. The maximum absolute atomic E-state index is 11.2. The van der Waals surface area contributed by atoms with Crippen molar-refractivity contribution in [3.05, 3.63) is 57.8 Å². The van der Waals surface area contributed by atoms with Gasteiger partial charge in [-0.1, -0.05) is 18.2 Å². The molecule has 0 amide bonds. The van der Waals surface area contributed by atoms with Crippen LogP contribution >= 0.6 is 0 Å². The molecule has 1 aromatic heterocycles. The largest absolute Gasteiger partial charge is 0.477 e. The number of aromatic nitrogens is 1. The number of nitro groups is 1. The van der Waals surface area contributed by atoms with E-state index in [1.807, 2.05) is 31.2 Å². The van der Waals surface area contributed by atoms with Gasteiger partial charge in [-0.15, -0.1) is 0 Å². The number of benzene rings is 1. The molecule has 1 N–H and O–H groups in total. The fourth-order valence-electron chi connectivity index (χ4n) is 2.00. The molecule has 0 aliphatic carbocycles. The summed E-state index contributed by atoms with van der Waals surface area (Å²) >= 11 is 0. The fourth-order valence-corrected chi connectivity index (χ4v) is 2.00. The number of carboxylic acids is 1. The van der Waals surface area contributed by atoms with Crippen molar-refractivity contribution in [1.29, 1.82) is 0 Å². The molecule has 0 saturated heterocycles. The topological polar surface area (TPSA) is 96.6 Å². The Bertz CT molecular complexity index is 715. The van der Waals surface area contributed by atoms with Crippen LogP contribution in [0, 0.1) is 17.0 Å². The van der Waals surface area contributed by atoms with Gasteiger partial charge >= 0.3 is 11.7 Å². The first kappa shape index (κ1) is 14.4. The summed E-state index contributed by atoms with van der Waals surface area (Å²) in [6.45, 7) is 1.91. The maximum atomic E-state index is 11.2. The molecule has 2 aromatic rings. The minimum atomic E-state index is -1.36. The molecule has 0 aliphatic rings. The van der Waals surface area contributed by atoms with Crippen LogP contribution in [0.4, 0.5) is 17.2 Å². The highest BCUT2D eigenvalue weighted by molar-refractivity contribution is 5.93. The van der Waals surface area contributed by atoms with Gasteiger partial charge in [0, 0.05) is 18.8 Å². The lowest BCUT2D eigenvalue weighted by Crippen LogP contribution is -2.14. The van der Waals surface area contributed by atoms with Crippen LogP contribution in [0.25, 0.3) is 0 Å². The van der Waals surface area contributed by atoms with Crippen molar-refractivity contribution in [2.45, 2.75) is 6.92 Å². The number of pyridine rings is 1. The first-order valence-corrected chi connectivity index (χ1v) is 6.09. The number of carboxylic acid groups (broad SMARTS) is 1. The van der Waals surface area contributed by atoms with Crippen molar-refractivity contribution in [1.82, 2.24) is 4.98 Å². The zero-order valence-electron chi connectivity index (χ0n) is 11.5. The van der Waals surface area contributed by atoms with Crippen molar-refractivity contribution >= 4 is 23.2 Å². The summed E-state index contributed by atoms with van der Waals surface area (Å²) in [5, 5.41) is 19.9. The van der Waals surface area contributed by atoms with Crippen LogP contribution in [0.15, 0.2) is 36.5 Å². The number of rotatable bonds is 4. The molecule has 7 heteroatoms. The van der Waals surface area contributed by atoms with Gasteiger partial charge in [0.2, 0.25) is 0 Å². The average molecular weight is 287 g/mol. The number of hydrogen-bond acceptors (Lipinski definition) is 5. The highest BCUT2D eigenvalue weighted by Gasteiger charge is 2.22. The van der Waals surface area contributed by atoms with E-state index in [-0.39, 0.29) is 5.56 Å². The average Bonchev–Trinajstić information content (AvgIpc) is 2.46. The minimum Gasteiger partial charge on any atom is -0.477 e. The van der Waals surface area contributed by atoms with Crippen molar-refractivity contribution < 1.29 is 14.8 Å². The highest BCUT2D eigenvalue weighted by atomic mass is 16.6. The van der Waals surface area contributed by atoms with Crippen LogP contribution in [0.3, 0.4) is 0 Å². The van der Waals surface area contributed by atoms with Crippen LogP contribution in [0.1, 0.15) is 15.9 Å². The second-order valence-electron chi connectivity index (χ2n) is 4.47. The summed E-state index contributed by atoms with van der Waals surface area (Å²) in [6, 6.07) is 8.71. The van der Waals surface area contributed by atoms with Gasteiger partial charge in [0.15, 0.2) is 0 Å². The molecular formula is C14H13N3O4.